The number of carboxylic acid groups (broad SMARTS) is 2. The van der Waals surface area contributed by atoms with Crippen molar-refractivity contribution < 1.29 is 48.4 Å². The molecule has 0 aromatic carbocycles. The van der Waals surface area contributed by atoms with E-state index >= 15 is 0 Å². The van der Waals surface area contributed by atoms with Gasteiger partial charge in [0.2, 0.25) is 5.60 Å². The first-order chi connectivity index (χ1) is 18.9. The van der Waals surface area contributed by atoms with Crippen LogP contribution in [0.3, 0.4) is 0 Å². The van der Waals surface area contributed by atoms with Gasteiger partial charge in [-0.2, -0.15) is 4.98 Å². The van der Waals surface area contributed by atoms with Gasteiger partial charge in [-0.25, -0.2) is 14.2 Å². The summed E-state index contributed by atoms with van der Waals surface area (Å²) in [5, 5.41) is 36.4. The van der Waals surface area contributed by atoms with Gasteiger partial charge in [-0.05, 0) is 19.9 Å². The lowest BCUT2D eigenvalue weighted by atomic mass is 10.0. The van der Waals surface area contributed by atoms with E-state index in [-0.39, 0.29) is 29.7 Å². The number of pyridine rings is 1. The Balaban J connectivity index is 1.55. The number of amides is 2. The normalized spacial score (nSPS) is 19.3. The summed E-state index contributed by atoms with van der Waals surface area (Å²) >= 11 is 1.25. The molecular weight excluding hydrogens is 550 g/mol. The second-order valence-electron chi connectivity index (χ2n) is 9.09. The minimum atomic E-state index is -1.80. The van der Waals surface area contributed by atoms with E-state index in [0.717, 1.165) is 11.2 Å². The van der Waals surface area contributed by atoms with E-state index in [9.17, 15) is 29.4 Å². The number of thioether (sulfide) groups is 1. The molecule has 6 N–H and O–H groups in total. The maximum absolute atomic E-state index is 13.1. The minimum absolute atomic E-state index is 0.149. The van der Waals surface area contributed by atoms with Crippen molar-refractivity contribution in [3.05, 3.63) is 53.3 Å². The van der Waals surface area contributed by atoms with Crippen molar-refractivity contribution in [2.75, 3.05) is 11.5 Å². The van der Waals surface area contributed by atoms with E-state index in [2.05, 4.69) is 20.6 Å². The lowest BCUT2D eigenvalue weighted by Gasteiger charge is -2.49. The third-order valence-electron chi connectivity index (χ3n) is 5.86. The zero-order chi connectivity index (χ0) is 29.2. The average molecular weight is 575 g/mol. The Hall–Kier alpha value is -4.93. The Morgan fingerprint density at radius 2 is 2.15 bits per heavy atom. The summed E-state index contributed by atoms with van der Waals surface area (Å²) in [6, 6.07) is 1.98. The van der Waals surface area contributed by atoms with Crippen LogP contribution in [0, 0.1) is 0 Å². The molecule has 4 rings (SSSR count). The number of oxazole rings is 1. The van der Waals surface area contributed by atoms with Crippen molar-refractivity contribution in [3.8, 4) is 0 Å². The average Bonchev–Trinajstić information content (AvgIpc) is 3.32. The highest BCUT2D eigenvalue weighted by Crippen LogP contribution is 2.40. The fourth-order valence-electron chi connectivity index (χ4n) is 3.82. The number of fused-ring (bicyclic) bond motifs is 1. The number of aliphatic carboxylic acids is 2. The molecule has 0 radical (unpaired) electrons. The van der Waals surface area contributed by atoms with Crippen molar-refractivity contribution in [2.45, 2.75) is 37.4 Å². The summed E-state index contributed by atoms with van der Waals surface area (Å²) in [4.78, 5) is 59.8. The predicted octanol–water partition coefficient (Wildman–Crippen LogP) is -0.625. The molecule has 0 spiro atoms. The van der Waals surface area contributed by atoms with Gasteiger partial charge in [0.05, 0.1) is 11.8 Å². The number of carbonyl (C=O) groups excluding carboxylic acids is 2. The molecule has 1 fully saturated rings. The smallest absolute Gasteiger partial charge is 0.352 e. The van der Waals surface area contributed by atoms with Crippen LogP contribution in [0.2, 0.25) is 0 Å². The molecule has 17 heteroatoms. The number of nitrogens with one attached hydrogen (secondary N) is 1. The summed E-state index contributed by atoms with van der Waals surface area (Å²) in [6.07, 6.45) is 5.57. The largest absolute Gasteiger partial charge is 0.478 e. The van der Waals surface area contributed by atoms with Gasteiger partial charge >= 0.3 is 11.9 Å². The Kier molecular flexibility index (Phi) is 7.76. The van der Waals surface area contributed by atoms with Gasteiger partial charge in [-0.3, -0.25) is 14.5 Å². The van der Waals surface area contributed by atoms with Crippen LogP contribution >= 0.6 is 11.8 Å². The lowest BCUT2D eigenvalue weighted by molar-refractivity contribution is -0.689. The first-order valence-corrected chi connectivity index (χ1v) is 12.6. The van der Waals surface area contributed by atoms with Crippen LogP contribution in [0.25, 0.3) is 0 Å². The van der Waals surface area contributed by atoms with E-state index in [1.165, 1.54) is 31.8 Å². The van der Waals surface area contributed by atoms with Crippen molar-refractivity contribution in [3.63, 3.8) is 0 Å². The zero-order valence-corrected chi connectivity index (χ0v) is 21.9. The molecule has 0 bridgehead atoms. The maximum atomic E-state index is 13.1. The molecule has 0 aliphatic carbocycles. The summed E-state index contributed by atoms with van der Waals surface area (Å²) in [7, 11) is 0. The number of nitrogens with two attached hydrogens (primary N) is 1. The van der Waals surface area contributed by atoms with Gasteiger partial charge in [0.15, 0.2) is 24.7 Å². The van der Waals surface area contributed by atoms with E-state index in [1.807, 2.05) is 0 Å². The number of nitrogens with zero attached hydrogens (tertiary/aromatic N) is 5. The third-order valence-corrected chi connectivity index (χ3v) is 7.20. The topological polar surface area (TPSA) is 234 Å². The molecule has 2 aromatic rings. The number of nitrogen functional groups attached to an aromatic ring is 1. The monoisotopic (exact) mass is 574 g/mol. The second kappa shape index (κ2) is 11.0. The Bertz CT molecular complexity index is 1470. The molecule has 0 saturated carbocycles. The number of oxime groups is 2. The Morgan fingerprint density at radius 3 is 2.77 bits per heavy atom. The van der Waals surface area contributed by atoms with E-state index in [1.54, 1.807) is 29.1 Å². The highest BCUT2D eigenvalue weighted by atomic mass is 32.2. The van der Waals surface area contributed by atoms with Crippen LogP contribution < -0.4 is 15.6 Å². The number of β-lactam (4-membered cyclic amide) rings is 1. The van der Waals surface area contributed by atoms with Crippen LogP contribution in [0.4, 0.5) is 6.01 Å². The second-order valence-corrected chi connectivity index (χ2v) is 10.2. The number of anilines is 1. The molecule has 1 saturated heterocycles. The highest BCUT2D eigenvalue weighted by Gasteiger charge is 2.55. The van der Waals surface area contributed by atoms with Crippen molar-refractivity contribution in [2.24, 2.45) is 10.3 Å². The quantitative estimate of drug-likeness (QED) is 0.0785. The van der Waals surface area contributed by atoms with Gasteiger partial charge < -0.3 is 35.7 Å². The van der Waals surface area contributed by atoms with Crippen LogP contribution in [-0.2, 0) is 30.6 Å². The molecule has 2 aliphatic rings. The zero-order valence-electron chi connectivity index (χ0n) is 21.0. The molecule has 210 valence electrons. The molecule has 40 heavy (non-hydrogen) atoms. The Labute approximate surface area is 229 Å². The van der Waals surface area contributed by atoms with Crippen LogP contribution in [0.5, 0.6) is 0 Å². The summed E-state index contributed by atoms with van der Waals surface area (Å²) < 4.78 is 6.60. The highest BCUT2D eigenvalue weighted by molar-refractivity contribution is 8.00. The molecular formula is C23H24N7O9S+. The first-order valence-electron chi connectivity index (χ1n) is 11.5. The molecule has 2 aromatic heterocycles. The van der Waals surface area contributed by atoms with Crippen molar-refractivity contribution in [1.29, 1.82) is 0 Å². The SMILES string of the molecule is CC(C)(ON=C(C(=O)NC1C(=O)N2C(C(=O)O)=C(C[n+]3cccc(C=NO)c3)CS[C@@H]12)c1coc(N)n1)C(=O)O. The number of carbonyl (C=O) groups is 4. The van der Waals surface area contributed by atoms with Crippen LogP contribution in [0.1, 0.15) is 25.1 Å². The first kappa shape index (κ1) is 28.1. The molecule has 16 nitrogen and oxygen atoms in total. The van der Waals surface area contributed by atoms with Crippen LogP contribution in [-0.4, -0.2) is 83.8 Å². The van der Waals surface area contributed by atoms with Gasteiger partial charge in [0, 0.05) is 17.4 Å². The molecule has 4 heterocycles. The van der Waals surface area contributed by atoms with E-state index in [4.69, 9.17) is 20.2 Å². The third kappa shape index (κ3) is 5.58. The fraction of sp³-hybridized carbons (Fsp3) is 0.304. The van der Waals surface area contributed by atoms with Gasteiger partial charge in [0.1, 0.15) is 29.1 Å². The molecule has 1 unspecified atom stereocenters. The molecule has 2 atom stereocenters. The van der Waals surface area contributed by atoms with E-state index < -0.39 is 46.5 Å². The van der Waals surface area contributed by atoms with E-state index in [0.29, 0.717) is 11.1 Å². The van der Waals surface area contributed by atoms with Gasteiger partial charge in [0.25, 0.3) is 17.8 Å². The standard InChI is InChI=1S/C23H23N7O9S/c1-23(2,21(35)36)39-28-14(13-9-38-22(24)26-13)17(31)27-15-18(32)30-16(20(33)34)12(10-40-19(15)30)8-29-5-3-4-11(7-29)6-25-37/h3-7,9,15,19H,8,10H2,1-2H3,(H5-,24,26,27,31,33,34,35,36,37)/p+1/t15?,19-/m0/s1. The number of carboxylic acids is 2. The number of aromatic nitrogens is 2. The van der Waals surface area contributed by atoms with Crippen molar-refractivity contribution in [1.82, 2.24) is 15.2 Å². The predicted molar refractivity (Wildman–Crippen MR) is 136 cm³/mol. The van der Waals surface area contributed by atoms with Gasteiger partial charge in [-0.15, -0.1) is 11.8 Å². The molecule has 2 amide bonds. The number of hydrogen-bond acceptors (Lipinski definition) is 12. The Morgan fingerprint density at radius 1 is 1.40 bits per heavy atom. The maximum Gasteiger partial charge on any atom is 0.352 e. The summed E-state index contributed by atoms with van der Waals surface area (Å²) in [5.74, 6) is -4.04. The minimum Gasteiger partial charge on any atom is -0.478 e. The van der Waals surface area contributed by atoms with Gasteiger partial charge in [-0.1, -0.05) is 10.3 Å². The summed E-state index contributed by atoms with van der Waals surface area (Å²) in [5.41, 5.74) is 3.85. The lowest BCUT2D eigenvalue weighted by Crippen LogP contribution is -2.71. The number of rotatable bonds is 10. The van der Waals surface area contributed by atoms with Crippen LogP contribution in [0.15, 0.2) is 56.8 Å². The molecule has 2 aliphatic heterocycles. The number of hydrogen-bond donors (Lipinski definition) is 5. The summed E-state index contributed by atoms with van der Waals surface area (Å²) in [6.45, 7) is 2.57. The fourth-order valence-corrected chi connectivity index (χ4v) is 5.15. The van der Waals surface area contributed by atoms with Crippen molar-refractivity contribution >= 4 is 53.5 Å².